The van der Waals surface area contributed by atoms with Crippen molar-refractivity contribution in [1.82, 2.24) is 0 Å². The maximum Gasteiger partial charge on any atom is 0.314 e. The zero-order valence-corrected chi connectivity index (χ0v) is 23.6. The Bertz CT molecular complexity index is 944. The van der Waals surface area contributed by atoms with E-state index in [-0.39, 0.29) is 29.2 Å². The molecule has 0 aliphatic heterocycles. The average molecular weight is 537 g/mol. The molecule has 0 amide bonds. The molecule has 2 aromatic carbocycles. The molecular formula is C33H44O6. The molecule has 0 bridgehead atoms. The van der Waals surface area contributed by atoms with Crippen molar-refractivity contribution in [2.45, 2.75) is 90.9 Å². The molecule has 0 radical (unpaired) electrons. The van der Waals surface area contributed by atoms with Crippen LogP contribution in [-0.4, -0.2) is 25.2 Å². The zero-order valence-electron chi connectivity index (χ0n) is 23.6. The fraction of sp³-hybridized carbons (Fsp3) is 0.576. The molecule has 0 atom stereocenters. The van der Waals surface area contributed by atoms with Crippen LogP contribution in [0.4, 0.5) is 0 Å². The van der Waals surface area contributed by atoms with E-state index in [9.17, 15) is 9.59 Å². The fourth-order valence-corrected chi connectivity index (χ4v) is 5.68. The second-order valence-corrected chi connectivity index (χ2v) is 11.3. The largest absolute Gasteiger partial charge is 0.494 e. The van der Waals surface area contributed by atoms with E-state index in [4.69, 9.17) is 18.9 Å². The lowest BCUT2D eigenvalue weighted by atomic mass is 9.48. The first kappa shape index (κ1) is 29.0. The quantitative estimate of drug-likeness (QED) is 0.123. The SMILES string of the molecule is CCCCCCOc1ccc(OC(=O)C2CC3(C2)CC(C(=O)Oc2ccc(OCCCCCC)cc2)C3)cc1. The fourth-order valence-electron chi connectivity index (χ4n) is 5.68. The number of rotatable bonds is 16. The third-order valence-electron chi connectivity index (χ3n) is 8.00. The maximum atomic E-state index is 12.6. The molecule has 2 aliphatic rings. The summed E-state index contributed by atoms with van der Waals surface area (Å²) in [7, 11) is 0. The van der Waals surface area contributed by atoms with Gasteiger partial charge in [-0.3, -0.25) is 9.59 Å². The van der Waals surface area contributed by atoms with Gasteiger partial charge < -0.3 is 18.9 Å². The number of esters is 2. The topological polar surface area (TPSA) is 71.1 Å². The van der Waals surface area contributed by atoms with E-state index in [1.54, 1.807) is 24.3 Å². The molecule has 0 aromatic heterocycles. The molecule has 6 heteroatoms. The van der Waals surface area contributed by atoms with E-state index in [0.29, 0.717) is 24.7 Å². The van der Waals surface area contributed by atoms with Crippen molar-refractivity contribution < 1.29 is 28.5 Å². The van der Waals surface area contributed by atoms with E-state index >= 15 is 0 Å². The molecule has 39 heavy (non-hydrogen) atoms. The summed E-state index contributed by atoms with van der Waals surface area (Å²) >= 11 is 0. The van der Waals surface area contributed by atoms with Gasteiger partial charge in [0, 0.05) is 0 Å². The highest BCUT2D eigenvalue weighted by Crippen LogP contribution is 2.61. The normalized spacial score (nSPS) is 21.5. The molecule has 4 rings (SSSR count). The molecule has 2 aliphatic carbocycles. The number of hydrogen-bond donors (Lipinski definition) is 0. The first-order chi connectivity index (χ1) is 19.0. The Morgan fingerprint density at radius 2 is 0.949 bits per heavy atom. The highest BCUT2D eigenvalue weighted by Gasteiger charge is 2.57. The smallest absolute Gasteiger partial charge is 0.314 e. The summed E-state index contributed by atoms with van der Waals surface area (Å²) in [6.45, 7) is 5.80. The van der Waals surface area contributed by atoms with Gasteiger partial charge in [0.1, 0.15) is 23.0 Å². The van der Waals surface area contributed by atoms with E-state index in [1.165, 1.54) is 38.5 Å². The van der Waals surface area contributed by atoms with Gasteiger partial charge in [-0.2, -0.15) is 0 Å². The Kier molecular flexibility index (Phi) is 10.7. The third-order valence-corrected chi connectivity index (χ3v) is 8.00. The van der Waals surface area contributed by atoms with Crippen LogP contribution >= 0.6 is 0 Å². The predicted octanol–water partition coefficient (Wildman–Crippen LogP) is 7.92. The van der Waals surface area contributed by atoms with Gasteiger partial charge in [-0.05, 0) is 92.5 Å². The first-order valence-corrected chi connectivity index (χ1v) is 14.9. The summed E-state index contributed by atoms with van der Waals surface area (Å²) in [6.07, 6.45) is 12.4. The molecule has 2 fully saturated rings. The predicted molar refractivity (Wildman–Crippen MR) is 151 cm³/mol. The van der Waals surface area contributed by atoms with Crippen molar-refractivity contribution in [2.24, 2.45) is 17.3 Å². The minimum absolute atomic E-state index is 0.0817. The Hall–Kier alpha value is -3.02. The van der Waals surface area contributed by atoms with Crippen LogP contribution in [0.1, 0.15) is 90.9 Å². The van der Waals surface area contributed by atoms with E-state index < -0.39 is 0 Å². The minimum atomic E-state index is -0.187. The van der Waals surface area contributed by atoms with Crippen molar-refractivity contribution in [1.29, 1.82) is 0 Å². The van der Waals surface area contributed by atoms with Gasteiger partial charge in [0.05, 0.1) is 25.0 Å². The van der Waals surface area contributed by atoms with Crippen molar-refractivity contribution in [3.05, 3.63) is 48.5 Å². The molecule has 0 heterocycles. The van der Waals surface area contributed by atoms with Gasteiger partial charge >= 0.3 is 11.9 Å². The van der Waals surface area contributed by atoms with Crippen molar-refractivity contribution >= 4 is 11.9 Å². The van der Waals surface area contributed by atoms with Gasteiger partial charge in [0.25, 0.3) is 0 Å². The molecular weight excluding hydrogens is 492 g/mol. The summed E-state index contributed by atoms with van der Waals surface area (Å²) in [4.78, 5) is 25.2. The Balaban J connectivity index is 1.11. The van der Waals surface area contributed by atoms with Crippen molar-refractivity contribution in [3.63, 3.8) is 0 Å². The molecule has 2 aromatic rings. The lowest BCUT2D eigenvalue weighted by Crippen LogP contribution is -2.53. The molecule has 6 nitrogen and oxygen atoms in total. The monoisotopic (exact) mass is 536 g/mol. The number of hydrogen-bond acceptors (Lipinski definition) is 6. The van der Waals surface area contributed by atoms with Gasteiger partial charge in [0.2, 0.25) is 0 Å². The standard InChI is InChI=1S/C33H44O6/c1-3-5-7-9-19-36-27-11-15-29(16-12-27)38-31(34)25-21-33(22-25)23-26(24-33)32(35)39-30-17-13-28(14-18-30)37-20-10-8-6-4-2/h11-18,25-26H,3-10,19-24H2,1-2H3. The molecule has 1 spiro atoms. The van der Waals surface area contributed by atoms with Gasteiger partial charge in [-0.25, -0.2) is 0 Å². The van der Waals surface area contributed by atoms with E-state index in [2.05, 4.69) is 13.8 Å². The number of unbranched alkanes of at least 4 members (excludes halogenated alkanes) is 6. The van der Waals surface area contributed by atoms with Crippen LogP contribution < -0.4 is 18.9 Å². The second-order valence-electron chi connectivity index (χ2n) is 11.3. The van der Waals surface area contributed by atoms with Crippen LogP contribution in [0.5, 0.6) is 23.0 Å². The second kappa shape index (κ2) is 14.4. The van der Waals surface area contributed by atoms with Crippen LogP contribution in [0.15, 0.2) is 48.5 Å². The molecule has 0 N–H and O–H groups in total. The molecule has 2 saturated carbocycles. The van der Waals surface area contributed by atoms with Crippen molar-refractivity contribution in [2.75, 3.05) is 13.2 Å². The third kappa shape index (κ3) is 8.48. The highest BCUT2D eigenvalue weighted by atomic mass is 16.5. The summed E-state index contributed by atoms with van der Waals surface area (Å²) in [5, 5.41) is 0. The highest BCUT2D eigenvalue weighted by molar-refractivity contribution is 5.79. The molecule has 0 unspecified atom stereocenters. The Morgan fingerprint density at radius 3 is 1.31 bits per heavy atom. The van der Waals surface area contributed by atoms with Gasteiger partial charge in [-0.15, -0.1) is 0 Å². The summed E-state index contributed by atoms with van der Waals surface area (Å²) < 4.78 is 22.7. The molecule has 0 saturated heterocycles. The summed E-state index contributed by atoms with van der Waals surface area (Å²) in [5.74, 6) is 2.09. The summed E-state index contributed by atoms with van der Waals surface area (Å²) in [5.41, 5.74) is 0.0817. The molecule has 212 valence electrons. The van der Waals surface area contributed by atoms with E-state index in [0.717, 1.165) is 50.0 Å². The van der Waals surface area contributed by atoms with Crippen molar-refractivity contribution in [3.8, 4) is 23.0 Å². The first-order valence-electron chi connectivity index (χ1n) is 14.9. The Labute approximate surface area is 233 Å². The maximum absolute atomic E-state index is 12.6. The lowest BCUT2D eigenvalue weighted by molar-refractivity contribution is -0.164. The van der Waals surface area contributed by atoms with E-state index in [1.807, 2.05) is 24.3 Å². The van der Waals surface area contributed by atoms with Crippen LogP contribution in [0.25, 0.3) is 0 Å². The zero-order chi connectivity index (χ0) is 27.5. The Morgan fingerprint density at radius 1 is 0.590 bits per heavy atom. The summed E-state index contributed by atoms with van der Waals surface area (Å²) in [6, 6.07) is 14.5. The lowest BCUT2D eigenvalue weighted by Gasteiger charge is -2.55. The number of carbonyl (C=O) groups excluding carboxylic acids is 2. The number of benzene rings is 2. The average Bonchev–Trinajstić information content (AvgIpc) is 2.89. The minimum Gasteiger partial charge on any atom is -0.494 e. The van der Waals surface area contributed by atoms with Crippen LogP contribution in [0, 0.1) is 17.3 Å². The van der Waals surface area contributed by atoms with Crippen LogP contribution in [0.2, 0.25) is 0 Å². The number of carbonyl (C=O) groups is 2. The van der Waals surface area contributed by atoms with Gasteiger partial charge in [0.15, 0.2) is 0 Å². The number of ether oxygens (including phenoxy) is 4. The van der Waals surface area contributed by atoms with Crippen LogP contribution in [-0.2, 0) is 9.59 Å². The van der Waals surface area contributed by atoms with Crippen LogP contribution in [0.3, 0.4) is 0 Å². The van der Waals surface area contributed by atoms with Gasteiger partial charge in [-0.1, -0.05) is 52.4 Å².